The maximum Gasteiger partial charge on any atom is 0.270 e. The monoisotopic (exact) mass is 531 g/mol. The van der Waals surface area contributed by atoms with E-state index in [9.17, 15) is 25.5 Å². The van der Waals surface area contributed by atoms with E-state index in [4.69, 9.17) is 14.2 Å². The molecule has 0 spiro atoms. The molecule has 0 fully saturated rings. The zero-order valence-corrected chi connectivity index (χ0v) is 21.6. The Hall–Kier alpha value is -4.91. The fourth-order valence-electron chi connectivity index (χ4n) is 3.65. The zero-order valence-electron chi connectivity index (χ0n) is 21.6. The van der Waals surface area contributed by atoms with E-state index in [-0.39, 0.29) is 30.2 Å². The van der Waals surface area contributed by atoms with Gasteiger partial charge < -0.3 is 14.2 Å². The molecule has 202 valence electrons. The number of ether oxygens (including phenoxy) is 3. The van der Waals surface area contributed by atoms with Crippen LogP contribution in [0.2, 0.25) is 0 Å². The Morgan fingerprint density at radius 2 is 1.38 bits per heavy atom. The van der Waals surface area contributed by atoms with Crippen LogP contribution in [0.1, 0.15) is 43.7 Å². The summed E-state index contributed by atoms with van der Waals surface area (Å²) in [6, 6.07) is 18.9. The molecule has 0 heterocycles. The summed E-state index contributed by atoms with van der Waals surface area (Å²) in [5, 5.41) is 31.9. The highest BCUT2D eigenvalue weighted by Crippen LogP contribution is 2.29. The van der Waals surface area contributed by atoms with E-state index >= 15 is 0 Å². The van der Waals surface area contributed by atoms with Crippen LogP contribution < -0.4 is 14.2 Å². The molecule has 0 aliphatic heterocycles. The molecule has 10 nitrogen and oxygen atoms in total. The summed E-state index contributed by atoms with van der Waals surface area (Å²) in [6.45, 7) is 3.21. The second-order valence-electron chi connectivity index (χ2n) is 8.53. The molecule has 0 saturated carbocycles. The van der Waals surface area contributed by atoms with E-state index < -0.39 is 9.85 Å². The van der Waals surface area contributed by atoms with Crippen molar-refractivity contribution in [1.29, 1.82) is 5.26 Å². The van der Waals surface area contributed by atoms with Crippen molar-refractivity contribution in [3.8, 4) is 23.3 Å². The normalized spacial score (nSPS) is 10.9. The quantitative estimate of drug-likeness (QED) is 0.0673. The predicted octanol–water partition coefficient (Wildman–Crippen LogP) is 6.98. The average molecular weight is 532 g/mol. The lowest BCUT2D eigenvalue weighted by Crippen LogP contribution is -2.09. The number of unbranched alkanes of at least 4 members (excludes halogenated alkanes) is 3. The third kappa shape index (κ3) is 8.86. The van der Waals surface area contributed by atoms with Gasteiger partial charge in [-0.05, 0) is 60.5 Å². The predicted molar refractivity (Wildman–Crippen MR) is 147 cm³/mol. The van der Waals surface area contributed by atoms with Crippen molar-refractivity contribution in [1.82, 2.24) is 0 Å². The highest BCUT2D eigenvalue weighted by Gasteiger charge is 2.13. The van der Waals surface area contributed by atoms with Crippen LogP contribution in [0.4, 0.5) is 11.4 Å². The molecule has 0 radical (unpaired) electrons. The zero-order chi connectivity index (χ0) is 28.0. The van der Waals surface area contributed by atoms with Gasteiger partial charge in [-0.3, -0.25) is 20.2 Å². The summed E-state index contributed by atoms with van der Waals surface area (Å²) in [5.74, 6) is 1.75. The highest BCUT2D eigenvalue weighted by atomic mass is 16.6. The number of hydrogen-bond acceptors (Lipinski definition) is 8. The van der Waals surface area contributed by atoms with Crippen molar-refractivity contribution in [3.05, 3.63) is 98.1 Å². The van der Waals surface area contributed by atoms with Gasteiger partial charge in [-0.1, -0.05) is 26.2 Å². The van der Waals surface area contributed by atoms with Gasteiger partial charge in [-0.2, -0.15) is 5.26 Å². The van der Waals surface area contributed by atoms with Crippen LogP contribution in [0.3, 0.4) is 0 Å². The second kappa shape index (κ2) is 14.7. The van der Waals surface area contributed by atoms with Crippen LogP contribution in [0, 0.1) is 31.6 Å². The van der Waals surface area contributed by atoms with Gasteiger partial charge in [0.2, 0.25) is 0 Å². The van der Waals surface area contributed by atoms with Gasteiger partial charge in [-0.25, -0.2) is 0 Å². The third-order valence-electron chi connectivity index (χ3n) is 5.71. The topological polar surface area (TPSA) is 138 Å². The molecule has 10 heteroatoms. The number of rotatable bonds is 15. The minimum Gasteiger partial charge on any atom is -0.494 e. The molecule has 0 saturated heterocycles. The maximum atomic E-state index is 11.3. The largest absolute Gasteiger partial charge is 0.494 e. The number of hydrogen-bond donors (Lipinski definition) is 0. The Labute approximate surface area is 226 Å². The first-order valence-corrected chi connectivity index (χ1v) is 12.5. The van der Waals surface area contributed by atoms with E-state index in [2.05, 4.69) is 6.92 Å². The molecule has 0 aromatic heterocycles. The molecule has 0 unspecified atom stereocenters. The van der Waals surface area contributed by atoms with Gasteiger partial charge in [0.1, 0.15) is 30.5 Å². The Bertz CT molecular complexity index is 1330. The molecule has 3 aromatic carbocycles. The van der Waals surface area contributed by atoms with Crippen molar-refractivity contribution < 1.29 is 24.1 Å². The van der Waals surface area contributed by atoms with Crippen molar-refractivity contribution >= 4 is 23.0 Å². The minimum absolute atomic E-state index is 0.111. The Balaban J connectivity index is 1.63. The molecule has 0 aliphatic carbocycles. The van der Waals surface area contributed by atoms with Crippen molar-refractivity contribution in [2.24, 2.45) is 0 Å². The molecule has 0 aliphatic rings. The van der Waals surface area contributed by atoms with Crippen molar-refractivity contribution in [2.75, 3.05) is 19.8 Å². The summed E-state index contributed by atoms with van der Waals surface area (Å²) < 4.78 is 17.3. The molecule has 0 bridgehead atoms. The van der Waals surface area contributed by atoms with Gasteiger partial charge >= 0.3 is 0 Å². The van der Waals surface area contributed by atoms with Crippen molar-refractivity contribution in [2.45, 2.75) is 32.6 Å². The van der Waals surface area contributed by atoms with Gasteiger partial charge in [0, 0.05) is 29.8 Å². The third-order valence-corrected chi connectivity index (χ3v) is 5.71. The smallest absolute Gasteiger partial charge is 0.270 e. The summed E-state index contributed by atoms with van der Waals surface area (Å²) in [5.41, 5.74) is 0.634. The van der Waals surface area contributed by atoms with Gasteiger partial charge in [0.05, 0.1) is 28.1 Å². The first-order valence-electron chi connectivity index (χ1n) is 12.5. The first kappa shape index (κ1) is 28.7. The number of non-ortho nitro benzene ring substituents is 2. The number of nitro benzene ring substituents is 2. The summed E-state index contributed by atoms with van der Waals surface area (Å²) in [4.78, 5) is 21.2. The summed E-state index contributed by atoms with van der Waals surface area (Å²) >= 11 is 0. The lowest BCUT2D eigenvalue weighted by atomic mass is 10.0. The maximum absolute atomic E-state index is 11.3. The van der Waals surface area contributed by atoms with Crippen LogP contribution in [0.25, 0.3) is 11.6 Å². The highest BCUT2D eigenvalue weighted by molar-refractivity contribution is 5.91. The van der Waals surface area contributed by atoms with Gasteiger partial charge in [-0.15, -0.1) is 0 Å². The summed E-state index contributed by atoms with van der Waals surface area (Å²) in [7, 11) is 0. The van der Waals surface area contributed by atoms with Crippen molar-refractivity contribution in [3.63, 3.8) is 0 Å². The first-order chi connectivity index (χ1) is 18.9. The lowest BCUT2D eigenvalue weighted by Gasteiger charge is -2.12. The fraction of sp³-hybridized carbons (Fsp3) is 0.276. The molecule has 3 aromatic rings. The van der Waals surface area contributed by atoms with Crippen LogP contribution in [-0.4, -0.2) is 29.7 Å². The minimum atomic E-state index is -0.541. The molecule has 3 rings (SSSR count). The van der Waals surface area contributed by atoms with Gasteiger partial charge in [0.15, 0.2) is 0 Å². The standard InChI is InChI=1S/C29H29N3O7/c1-2-3-4-5-16-37-27-11-13-28(14-12-27)38-17-18-39-29-15-10-26(32(35)36)20-23(29)19-24(21-30)22-6-8-25(9-7-22)31(33)34/h6-15,19-20H,2-5,16-18H2,1H3/b24-19-. The van der Waals surface area contributed by atoms with Gasteiger partial charge in [0.25, 0.3) is 11.4 Å². The number of nitrogens with zero attached hydrogens (tertiary/aromatic N) is 3. The van der Waals surface area contributed by atoms with E-state index in [0.717, 1.165) is 18.6 Å². The molecular formula is C29H29N3O7. The van der Waals surface area contributed by atoms with Crippen LogP contribution in [0.5, 0.6) is 17.2 Å². The van der Waals surface area contributed by atoms with Crippen LogP contribution >= 0.6 is 0 Å². The second-order valence-corrected chi connectivity index (χ2v) is 8.53. The molecular weight excluding hydrogens is 502 g/mol. The number of benzene rings is 3. The molecule has 0 amide bonds. The van der Waals surface area contributed by atoms with Crippen LogP contribution in [0.15, 0.2) is 66.7 Å². The fourth-order valence-corrected chi connectivity index (χ4v) is 3.65. The van der Waals surface area contributed by atoms with E-state index in [1.165, 1.54) is 61.4 Å². The molecule has 0 atom stereocenters. The number of nitriles is 1. The van der Waals surface area contributed by atoms with Crippen LogP contribution in [-0.2, 0) is 0 Å². The van der Waals surface area contributed by atoms with E-state index in [0.29, 0.717) is 29.2 Å². The molecule has 0 N–H and O–H groups in total. The SMILES string of the molecule is CCCCCCOc1ccc(OCCOc2ccc([N+](=O)[O-])cc2/C=C(/C#N)c2ccc([N+](=O)[O-])cc2)cc1. The number of nitro groups is 2. The number of allylic oxidation sites excluding steroid dienone is 1. The molecule has 39 heavy (non-hydrogen) atoms. The average Bonchev–Trinajstić information content (AvgIpc) is 2.95. The Kier molecular flexibility index (Phi) is 10.8. The lowest BCUT2D eigenvalue weighted by molar-refractivity contribution is -0.385. The van der Waals surface area contributed by atoms with E-state index in [1.807, 2.05) is 30.3 Å². The van der Waals surface area contributed by atoms with E-state index in [1.54, 1.807) is 0 Å². The Morgan fingerprint density at radius 3 is 1.97 bits per heavy atom. The summed E-state index contributed by atoms with van der Waals surface area (Å²) in [6.07, 6.45) is 6.01. The Morgan fingerprint density at radius 1 is 0.795 bits per heavy atom.